The molecule has 0 radical (unpaired) electrons. The van der Waals surface area contributed by atoms with Gasteiger partial charge in [0.05, 0.1) is 5.75 Å². The number of carboxylic acid groups (broad SMARTS) is 1. The number of thioether (sulfide) groups is 1. The summed E-state index contributed by atoms with van der Waals surface area (Å²) < 4.78 is 2.14. The number of carbonyl (C=O) groups is 1. The SMILES string of the molecule is CC(C)c1nnc(SCC(=O)O)n1-c1sc(C2CC2)c2c1CCC2. The summed E-state index contributed by atoms with van der Waals surface area (Å²) in [5.74, 6) is 1.13. The largest absolute Gasteiger partial charge is 0.481 e. The zero-order chi connectivity index (χ0) is 16.8. The fourth-order valence-corrected chi connectivity index (χ4v) is 5.70. The first-order chi connectivity index (χ1) is 11.6. The van der Waals surface area contributed by atoms with E-state index in [-0.39, 0.29) is 11.7 Å². The van der Waals surface area contributed by atoms with Crippen LogP contribution in [0, 0.1) is 0 Å². The molecule has 0 aromatic carbocycles. The summed E-state index contributed by atoms with van der Waals surface area (Å²) in [4.78, 5) is 12.5. The number of aliphatic carboxylic acids is 1. The first kappa shape index (κ1) is 16.1. The molecule has 0 aliphatic heterocycles. The van der Waals surface area contributed by atoms with Crippen LogP contribution < -0.4 is 0 Å². The molecule has 4 rings (SSSR count). The van der Waals surface area contributed by atoms with Gasteiger partial charge in [0.25, 0.3) is 0 Å². The monoisotopic (exact) mass is 363 g/mol. The van der Waals surface area contributed by atoms with Crippen LogP contribution in [0.15, 0.2) is 5.16 Å². The first-order valence-electron chi connectivity index (χ1n) is 8.51. The number of hydrogen-bond acceptors (Lipinski definition) is 5. The molecule has 0 saturated heterocycles. The molecule has 0 unspecified atom stereocenters. The molecule has 2 aliphatic rings. The lowest BCUT2D eigenvalue weighted by atomic mass is 10.1. The molecular weight excluding hydrogens is 342 g/mol. The van der Waals surface area contributed by atoms with E-state index in [0.29, 0.717) is 5.16 Å². The average molecular weight is 364 g/mol. The van der Waals surface area contributed by atoms with Crippen molar-refractivity contribution >= 4 is 29.1 Å². The molecule has 1 fully saturated rings. The highest BCUT2D eigenvalue weighted by Crippen LogP contribution is 2.50. The van der Waals surface area contributed by atoms with Crippen molar-refractivity contribution in [2.24, 2.45) is 0 Å². The summed E-state index contributed by atoms with van der Waals surface area (Å²) in [5.41, 5.74) is 3.02. The molecule has 24 heavy (non-hydrogen) atoms. The van der Waals surface area contributed by atoms with Gasteiger partial charge < -0.3 is 5.11 Å². The third kappa shape index (κ3) is 2.77. The fourth-order valence-electron chi connectivity index (χ4n) is 3.40. The number of hydrogen-bond donors (Lipinski definition) is 1. The van der Waals surface area contributed by atoms with Gasteiger partial charge in [0, 0.05) is 10.8 Å². The van der Waals surface area contributed by atoms with Crippen LogP contribution in [0.3, 0.4) is 0 Å². The lowest BCUT2D eigenvalue weighted by molar-refractivity contribution is -0.133. The Labute approximate surface area is 149 Å². The molecular formula is C17H21N3O2S2. The van der Waals surface area contributed by atoms with Gasteiger partial charge in [-0.15, -0.1) is 21.5 Å². The summed E-state index contributed by atoms with van der Waals surface area (Å²) in [6.45, 7) is 4.23. The maximum absolute atomic E-state index is 11.0. The minimum Gasteiger partial charge on any atom is -0.481 e. The van der Waals surface area contributed by atoms with Crippen LogP contribution in [0.5, 0.6) is 0 Å². The summed E-state index contributed by atoms with van der Waals surface area (Å²) >= 11 is 3.16. The summed E-state index contributed by atoms with van der Waals surface area (Å²) in [6, 6.07) is 0. The van der Waals surface area contributed by atoms with Crippen LogP contribution in [-0.2, 0) is 17.6 Å². The van der Waals surface area contributed by atoms with Crippen molar-refractivity contribution in [2.75, 3.05) is 5.75 Å². The number of fused-ring (bicyclic) bond motifs is 1. The summed E-state index contributed by atoms with van der Waals surface area (Å²) in [7, 11) is 0. The Morgan fingerprint density at radius 2 is 2.08 bits per heavy atom. The fraction of sp³-hybridized carbons (Fsp3) is 0.588. The lowest BCUT2D eigenvalue weighted by Gasteiger charge is -2.11. The number of thiophene rings is 1. The topological polar surface area (TPSA) is 68.0 Å². The third-order valence-electron chi connectivity index (χ3n) is 4.63. The van der Waals surface area contributed by atoms with Gasteiger partial charge in [-0.2, -0.15) is 0 Å². The van der Waals surface area contributed by atoms with Crippen LogP contribution in [0.1, 0.15) is 66.8 Å². The Balaban J connectivity index is 1.82. The van der Waals surface area contributed by atoms with E-state index in [0.717, 1.165) is 18.2 Å². The number of aromatic nitrogens is 3. The van der Waals surface area contributed by atoms with Gasteiger partial charge in [0.15, 0.2) is 5.16 Å². The Morgan fingerprint density at radius 1 is 1.33 bits per heavy atom. The van der Waals surface area contributed by atoms with E-state index in [2.05, 4.69) is 28.6 Å². The molecule has 0 amide bonds. The number of nitrogens with zero attached hydrogens (tertiary/aromatic N) is 3. The molecule has 0 bridgehead atoms. The van der Waals surface area contributed by atoms with Crippen molar-refractivity contribution in [3.63, 3.8) is 0 Å². The maximum atomic E-state index is 11.0. The predicted molar refractivity (Wildman–Crippen MR) is 95.7 cm³/mol. The van der Waals surface area contributed by atoms with Crippen molar-refractivity contribution < 1.29 is 9.90 Å². The second-order valence-electron chi connectivity index (χ2n) is 6.87. The highest BCUT2D eigenvalue weighted by Gasteiger charge is 2.34. The van der Waals surface area contributed by atoms with Crippen LogP contribution in [0.2, 0.25) is 0 Å². The number of rotatable bonds is 6. The van der Waals surface area contributed by atoms with Crippen LogP contribution in [-0.4, -0.2) is 31.6 Å². The van der Waals surface area contributed by atoms with Gasteiger partial charge in [-0.05, 0) is 49.1 Å². The van der Waals surface area contributed by atoms with Gasteiger partial charge in [-0.3, -0.25) is 9.36 Å². The first-order valence-corrected chi connectivity index (χ1v) is 10.3. The van der Waals surface area contributed by atoms with Crippen molar-refractivity contribution in [3.05, 3.63) is 21.8 Å². The quantitative estimate of drug-likeness (QED) is 0.786. The smallest absolute Gasteiger partial charge is 0.313 e. The van der Waals surface area contributed by atoms with Crippen LogP contribution >= 0.6 is 23.1 Å². The van der Waals surface area contributed by atoms with Crippen LogP contribution in [0.4, 0.5) is 0 Å². The van der Waals surface area contributed by atoms with Gasteiger partial charge in [-0.25, -0.2) is 0 Å². The standard InChI is InChI=1S/C17H21N3O2S2/c1-9(2)15-18-19-17(23-8-13(21)22)20(15)16-12-5-3-4-11(12)14(24-16)10-6-7-10/h9-10H,3-8H2,1-2H3,(H,21,22). The van der Waals surface area contributed by atoms with E-state index >= 15 is 0 Å². The summed E-state index contributed by atoms with van der Waals surface area (Å²) in [5, 5.41) is 19.6. The second-order valence-corrected chi connectivity index (χ2v) is 8.84. The molecule has 0 spiro atoms. The molecule has 1 N–H and O–H groups in total. The highest BCUT2D eigenvalue weighted by atomic mass is 32.2. The normalized spacial score (nSPS) is 16.8. The minimum absolute atomic E-state index is 0.0132. The zero-order valence-corrected chi connectivity index (χ0v) is 15.5. The third-order valence-corrected chi connectivity index (χ3v) is 6.97. The van der Waals surface area contributed by atoms with Gasteiger partial charge in [0.2, 0.25) is 0 Å². The molecule has 128 valence electrons. The van der Waals surface area contributed by atoms with Gasteiger partial charge >= 0.3 is 5.97 Å². The molecule has 2 aliphatic carbocycles. The predicted octanol–water partition coefficient (Wildman–Crippen LogP) is 4.00. The average Bonchev–Trinajstić information content (AvgIpc) is 2.97. The van der Waals surface area contributed by atoms with E-state index in [9.17, 15) is 4.79 Å². The van der Waals surface area contributed by atoms with Crippen molar-refractivity contribution in [1.29, 1.82) is 0 Å². The molecule has 1 saturated carbocycles. The van der Waals surface area contributed by atoms with Crippen molar-refractivity contribution in [3.8, 4) is 5.00 Å². The Morgan fingerprint density at radius 3 is 2.75 bits per heavy atom. The van der Waals surface area contributed by atoms with E-state index < -0.39 is 5.97 Å². The molecule has 2 heterocycles. The molecule has 7 heteroatoms. The van der Waals surface area contributed by atoms with E-state index in [1.807, 2.05) is 11.3 Å². The lowest BCUT2D eigenvalue weighted by Crippen LogP contribution is -2.06. The van der Waals surface area contributed by atoms with Crippen LogP contribution in [0.25, 0.3) is 5.00 Å². The van der Waals surface area contributed by atoms with Crippen molar-refractivity contribution in [2.45, 2.75) is 62.9 Å². The highest BCUT2D eigenvalue weighted by molar-refractivity contribution is 7.99. The Kier molecular flexibility index (Phi) is 4.16. The van der Waals surface area contributed by atoms with Crippen molar-refractivity contribution in [1.82, 2.24) is 14.8 Å². The zero-order valence-electron chi connectivity index (χ0n) is 13.9. The number of carboxylic acids is 1. The molecule has 2 aromatic heterocycles. The summed E-state index contributed by atoms with van der Waals surface area (Å²) in [6.07, 6.45) is 6.15. The molecule has 0 atom stereocenters. The van der Waals surface area contributed by atoms with Gasteiger partial charge in [0.1, 0.15) is 10.8 Å². The molecule has 5 nitrogen and oxygen atoms in total. The van der Waals surface area contributed by atoms with Gasteiger partial charge in [-0.1, -0.05) is 25.6 Å². The minimum atomic E-state index is -0.823. The van der Waals surface area contributed by atoms with E-state index in [1.54, 1.807) is 10.4 Å². The second kappa shape index (κ2) is 6.19. The van der Waals surface area contributed by atoms with E-state index in [4.69, 9.17) is 5.11 Å². The molecule has 2 aromatic rings. The Bertz CT molecular complexity index is 790. The maximum Gasteiger partial charge on any atom is 0.313 e. The van der Waals surface area contributed by atoms with E-state index in [1.165, 1.54) is 48.0 Å². The Hall–Kier alpha value is -1.34.